The molecule has 6 nitrogen and oxygen atoms in total. The van der Waals surface area contributed by atoms with Gasteiger partial charge < -0.3 is 15.7 Å². The lowest BCUT2D eigenvalue weighted by Crippen LogP contribution is -2.43. The number of benzene rings is 1. The standard InChI is InChI=1S/C22H25N3O3S/c1-2-16-18(20-23-17(12-29-20)13-7-4-3-5-8-13)19(25-22(28)24-16)14-9-6-10-15(11-14)21(26)27/h6,9-13,19H,2-5,7-8H2,1H3,(H,26,27)(H2,24,25,28). The van der Waals surface area contributed by atoms with Crippen LogP contribution in [0.25, 0.3) is 5.57 Å². The lowest BCUT2D eigenvalue weighted by atomic mass is 9.87. The number of nitrogens with zero attached hydrogens (tertiary/aromatic N) is 1. The lowest BCUT2D eigenvalue weighted by molar-refractivity contribution is 0.0696. The predicted octanol–water partition coefficient (Wildman–Crippen LogP) is 5.06. The highest BCUT2D eigenvalue weighted by molar-refractivity contribution is 7.10. The van der Waals surface area contributed by atoms with Gasteiger partial charge in [-0.05, 0) is 37.0 Å². The van der Waals surface area contributed by atoms with Crippen molar-refractivity contribution in [1.82, 2.24) is 15.6 Å². The molecule has 2 aliphatic rings. The Hall–Kier alpha value is -2.67. The van der Waals surface area contributed by atoms with Crippen molar-refractivity contribution in [3.8, 4) is 0 Å². The zero-order valence-electron chi connectivity index (χ0n) is 16.4. The Kier molecular flexibility index (Phi) is 5.67. The van der Waals surface area contributed by atoms with Crippen molar-refractivity contribution in [2.45, 2.75) is 57.4 Å². The van der Waals surface area contributed by atoms with Crippen molar-refractivity contribution in [3.05, 3.63) is 57.2 Å². The van der Waals surface area contributed by atoms with E-state index in [-0.39, 0.29) is 11.6 Å². The van der Waals surface area contributed by atoms with E-state index >= 15 is 0 Å². The summed E-state index contributed by atoms with van der Waals surface area (Å²) in [6.07, 6.45) is 6.84. The van der Waals surface area contributed by atoms with Gasteiger partial charge in [0.25, 0.3) is 0 Å². The topological polar surface area (TPSA) is 91.3 Å². The minimum Gasteiger partial charge on any atom is -0.478 e. The van der Waals surface area contributed by atoms with Gasteiger partial charge in [-0.3, -0.25) is 0 Å². The summed E-state index contributed by atoms with van der Waals surface area (Å²) in [5.74, 6) is -0.471. The van der Waals surface area contributed by atoms with Gasteiger partial charge in [0.15, 0.2) is 0 Å². The second-order valence-electron chi connectivity index (χ2n) is 7.62. The smallest absolute Gasteiger partial charge is 0.335 e. The highest BCUT2D eigenvalue weighted by Crippen LogP contribution is 2.39. The average Bonchev–Trinajstić information content (AvgIpc) is 3.23. The zero-order chi connectivity index (χ0) is 20.4. The minimum absolute atomic E-state index is 0.203. The Balaban J connectivity index is 1.75. The summed E-state index contributed by atoms with van der Waals surface area (Å²) in [6.45, 7) is 2.00. The average molecular weight is 412 g/mol. The number of hydrogen-bond acceptors (Lipinski definition) is 4. The number of rotatable bonds is 5. The molecule has 29 heavy (non-hydrogen) atoms. The molecule has 1 fully saturated rings. The summed E-state index contributed by atoms with van der Waals surface area (Å²) < 4.78 is 0. The number of carboxylic acid groups (broad SMARTS) is 1. The maximum absolute atomic E-state index is 12.3. The fourth-order valence-corrected chi connectivity index (χ4v) is 5.25. The Morgan fingerprint density at radius 1 is 1.28 bits per heavy atom. The Morgan fingerprint density at radius 2 is 2.07 bits per heavy atom. The van der Waals surface area contributed by atoms with Gasteiger partial charge in [0.1, 0.15) is 5.01 Å². The number of carbonyl (C=O) groups excluding carboxylic acids is 1. The molecule has 2 aromatic rings. The summed E-state index contributed by atoms with van der Waals surface area (Å²) in [4.78, 5) is 28.7. The number of aromatic carboxylic acids is 1. The van der Waals surface area contributed by atoms with E-state index < -0.39 is 12.0 Å². The van der Waals surface area contributed by atoms with E-state index in [0.29, 0.717) is 12.3 Å². The third-order valence-electron chi connectivity index (χ3n) is 5.75. The molecule has 1 aliphatic heterocycles. The predicted molar refractivity (Wildman–Crippen MR) is 113 cm³/mol. The van der Waals surface area contributed by atoms with Crippen LogP contribution < -0.4 is 10.6 Å². The molecular weight excluding hydrogens is 386 g/mol. The van der Waals surface area contributed by atoms with E-state index in [4.69, 9.17) is 4.98 Å². The maximum Gasteiger partial charge on any atom is 0.335 e. The van der Waals surface area contributed by atoms with Crippen molar-refractivity contribution in [3.63, 3.8) is 0 Å². The van der Waals surface area contributed by atoms with Crippen LogP contribution in [-0.2, 0) is 0 Å². The molecule has 7 heteroatoms. The van der Waals surface area contributed by atoms with Gasteiger partial charge in [0.2, 0.25) is 0 Å². The molecular formula is C22H25N3O3S. The molecule has 0 bridgehead atoms. The number of hydrogen-bond donors (Lipinski definition) is 3. The number of urea groups is 1. The lowest BCUT2D eigenvalue weighted by Gasteiger charge is -2.29. The van der Waals surface area contributed by atoms with Gasteiger partial charge in [-0.25, -0.2) is 14.6 Å². The van der Waals surface area contributed by atoms with Crippen LogP contribution in [0.15, 0.2) is 35.3 Å². The summed E-state index contributed by atoms with van der Waals surface area (Å²) in [5.41, 5.74) is 3.86. The van der Waals surface area contributed by atoms with Gasteiger partial charge >= 0.3 is 12.0 Å². The number of thiazole rings is 1. The van der Waals surface area contributed by atoms with Crippen molar-refractivity contribution >= 4 is 28.9 Å². The van der Waals surface area contributed by atoms with Gasteiger partial charge in [-0.2, -0.15) is 0 Å². The minimum atomic E-state index is -0.984. The molecule has 0 saturated heterocycles. The van der Waals surface area contributed by atoms with Crippen molar-refractivity contribution in [2.75, 3.05) is 0 Å². The molecule has 1 atom stereocenters. The molecule has 1 unspecified atom stereocenters. The second kappa shape index (κ2) is 8.37. The largest absolute Gasteiger partial charge is 0.478 e. The van der Waals surface area contributed by atoms with E-state index in [1.807, 2.05) is 13.0 Å². The van der Waals surface area contributed by atoms with Gasteiger partial charge in [-0.15, -0.1) is 11.3 Å². The number of allylic oxidation sites excluding steroid dienone is 1. The summed E-state index contributed by atoms with van der Waals surface area (Å²) in [6, 6.07) is 6.05. The molecule has 3 N–H and O–H groups in total. The summed E-state index contributed by atoms with van der Waals surface area (Å²) in [5, 5.41) is 18.3. The fourth-order valence-electron chi connectivity index (χ4n) is 4.25. The van der Waals surface area contributed by atoms with Crippen molar-refractivity contribution in [1.29, 1.82) is 0 Å². The quantitative estimate of drug-likeness (QED) is 0.641. The summed E-state index contributed by atoms with van der Waals surface area (Å²) >= 11 is 1.60. The highest BCUT2D eigenvalue weighted by Gasteiger charge is 2.31. The van der Waals surface area contributed by atoms with E-state index in [2.05, 4.69) is 16.0 Å². The molecule has 1 aromatic heterocycles. The van der Waals surface area contributed by atoms with E-state index in [1.165, 1.54) is 32.1 Å². The second-order valence-corrected chi connectivity index (χ2v) is 8.48. The van der Waals surface area contributed by atoms with Crippen molar-refractivity contribution in [2.24, 2.45) is 0 Å². The van der Waals surface area contributed by atoms with Crippen LogP contribution in [0.1, 0.15) is 84.0 Å². The summed E-state index contributed by atoms with van der Waals surface area (Å²) in [7, 11) is 0. The number of amides is 2. The first-order chi connectivity index (χ1) is 14.1. The Bertz CT molecular complexity index is 960. The highest BCUT2D eigenvalue weighted by atomic mass is 32.1. The van der Waals surface area contributed by atoms with Gasteiger partial charge in [0, 0.05) is 22.6 Å². The SMILES string of the molecule is CCC1=C(c2nc(C3CCCCC3)cs2)C(c2cccc(C(=O)O)c2)NC(=O)N1. The van der Waals surface area contributed by atoms with Crippen LogP contribution in [0.3, 0.4) is 0 Å². The van der Waals surface area contributed by atoms with Crippen LogP contribution >= 0.6 is 11.3 Å². The zero-order valence-corrected chi connectivity index (χ0v) is 17.2. The molecule has 1 aliphatic carbocycles. The number of carboxylic acids is 1. The molecule has 0 radical (unpaired) electrons. The fraction of sp³-hybridized carbons (Fsp3) is 0.409. The monoisotopic (exact) mass is 411 g/mol. The van der Waals surface area contributed by atoms with Crippen LogP contribution in [0, 0.1) is 0 Å². The van der Waals surface area contributed by atoms with Gasteiger partial charge in [-0.1, -0.05) is 38.3 Å². The first-order valence-corrected chi connectivity index (χ1v) is 11.0. The first-order valence-electron chi connectivity index (χ1n) is 10.2. The molecule has 152 valence electrons. The van der Waals surface area contributed by atoms with Crippen LogP contribution in [0.2, 0.25) is 0 Å². The third kappa shape index (κ3) is 4.05. The Labute approximate surface area is 174 Å². The number of carbonyl (C=O) groups is 2. The molecule has 4 rings (SSSR count). The Morgan fingerprint density at radius 3 is 2.79 bits per heavy atom. The van der Waals surface area contributed by atoms with Crippen molar-refractivity contribution < 1.29 is 14.7 Å². The molecule has 0 spiro atoms. The molecule has 2 heterocycles. The number of nitrogens with one attached hydrogen (secondary N) is 2. The third-order valence-corrected chi connectivity index (χ3v) is 6.64. The van der Waals surface area contributed by atoms with Crippen LogP contribution in [-0.4, -0.2) is 22.1 Å². The molecule has 1 saturated carbocycles. The normalized spacial score (nSPS) is 20.3. The van der Waals surface area contributed by atoms with E-state index in [1.54, 1.807) is 29.5 Å². The maximum atomic E-state index is 12.3. The van der Waals surface area contributed by atoms with E-state index in [9.17, 15) is 14.7 Å². The van der Waals surface area contributed by atoms with Gasteiger partial charge in [0.05, 0.1) is 17.3 Å². The number of aromatic nitrogens is 1. The van der Waals surface area contributed by atoms with Crippen LogP contribution in [0.4, 0.5) is 4.79 Å². The molecule has 1 aromatic carbocycles. The first kappa shape index (κ1) is 19.6. The molecule has 2 amide bonds. The van der Waals surface area contributed by atoms with Crippen LogP contribution in [0.5, 0.6) is 0 Å². The van der Waals surface area contributed by atoms with E-state index in [0.717, 1.165) is 27.5 Å².